The number of ether oxygens (including phenoxy) is 2. The fourth-order valence-electron chi connectivity index (χ4n) is 4.53. The Labute approximate surface area is 170 Å². The van der Waals surface area contributed by atoms with Crippen molar-refractivity contribution < 1.29 is 19.1 Å². The molecular formula is C22H27N3O4. The zero-order chi connectivity index (χ0) is 20.6. The van der Waals surface area contributed by atoms with Crippen LogP contribution in [0, 0.1) is 13.8 Å². The monoisotopic (exact) mass is 397 g/mol. The van der Waals surface area contributed by atoms with Crippen LogP contribution in [0.3, 0.4) is 0 Å². The summed E-state index contributed by atoms with van der Waals surface area (Å²) in [5, 5.41) is 7.56. The summed E-state index contributed by atoms with van der Waals surface area (Å²) >= 11 is 0. The van der Waals surface area contributed by atoms with Gasteiger partial charge in [0, 0.05) is 30.5 Å². The van der Waals surface area contributed by atoms with Crippen LogP contribution in [0.15, 0.2) is 24.3 Å². The maximum Gasteiger partial charge on any atom is 0.242 e. The van der Waals surface area contributed by atoms with Gasteiger partial charge < -0.3 is 14.8 Å². The summed E-state index contributed by atoms with van der Waals surface area (Å²) in [6.45, 7) is 6.56. The van der Waals surface area contributed by atoms with E-state index in [9.17, 15) is 9.59 Å². The van der Waals surface area contributed by atoms with E-state index in [1.807, 2.05) is 31.2 Å². The third kappa shape index (κ3) is 3.79. The van der Waals surface area contributed by atoms with Gasteiger partial charge in [-0.25, -0.2) is 0 Å². The molecule has 0 radical (unpaired) electrons. The highest BCUT2D eigenvalue weighted by Gasteiger charge is 2.42. The largest absolute Gasteiger partial charge is 0.487 e. The molecule has 7 nitrogen and oxygen atoms in total. The standard InChI is InChI=1S/C22H27N3O4/c1-14-21(16(3)26)15(2)25(24-14)13-20(27)23-18-12-22(8-10-28-11-9-22)29-19-7-5-4-6-17(18)19/h4-7,18H,8-13H2,1-3H3,(H,23,27). The summed E-state index contributed by atoms with van der Waals surface area (Å²) in [6.07, 6.45) is 2.34. The minimum absolute atomic E-state index is 0.0357. The number of hydrogen-bond acceptors (Lipinski definition) is 5. The lowest BCUT2D eigenvalue weighted by Gasteiger charge is -2.44. The minimum atomic E-state index is -0.301. The normalized spacial score (nSPS) is 20.0. The Kier molecular flexibility index (Phi) is 5.17. The molecule has 154 valence electrons. The first-order valence-electron chi connectivity index (χ1n) is 10.1. The number of amides is 1. The first-order chi connectivity index (χ1) is 13.9. The maximum atomic E-state index is 12.9. The molecule has 1 atom stereocenters. The van der Waals surface area contributed by atoms with Gasteiger partial charge in [-0.1, -0.05) is 18.2 Å². The van der Waals surface area contributed by atoms with Gasteiger partial charge in [-0.3, -0.25) is 14.3 Å². The van der Waals surface area contributed by atoms with Crippen molar-refractivity contribution in [2.75, 3.05) is 13.2 Å². The number of para-hydroxylation sites is 1. The van der Waals surface area contributed by atoms with Crippen molar-refractivity contribution in [2.24, 2.45) is 0 Å². The first-order valence-corrected chi connectivity index (χ1v) is 10.1. The Balaban J connectivity index is 1.54. The average Bonchev–Trinajstić information content (AvgIpc) is 2.95. The van der Waals surface area contributed by atoms with Crippen molar-refractivity contribution in [2.45, 2.75) is 58.2 Å². The lowest BCUT2D eigenvalue weighted by atomic mass is 9.82. The molecule has 2 aliphatic heterocycles. The van der Waals surface area contributed by atoms with Crippen molar-refractivity contribution in [1.82, 2.24) is 15.1 Å². The number of carbonyl (C=O) groups is 2. The molecule has 2 aromatic rings. The van der Waals surface area contributed by atoms with E-state index in [0.29, 0.717) is 24.5 Å². The second kappa shape index (κ2) is 7.63. The van der Waals surface area contributed by atoms with Crippen LogP contribution in [0.25, 0.3) is 0 Å². The van der Waals surface area contributed by atoms with E-state index in [0.717, 1.165) is 36.3 Å². The zero-order valence-corrected chi connectivity index (χ0v) is 17.2. The third-order valence-corrected chi connectivity index (χ3v) is 5.96. The molecule has 0 bridgehead atoms. The van der Waals surface area contributed by atoms with Crippen LogP contribution >= 0.6 is 0 Å². The molecule has 1 aromatic carbocycles. The molecule has 1 aromatic heterocycles. The average molecular weight is 397 g/mol. The molecule has 3 heterocycles. The molecule has 1 amide bonds. The Morgan fingerprint density at radius 2 is 1.97 bits per heavy atom. The molecular weight excluding hydrogens is 370 g/mol. The Hall–Kier alpha value is -2.67. The number of fused-ring (bicyclic) bond motifs is 1. The van der Waals surface area contributed by atoms with Gasteiger partial charge in [0.15, 0.2) is 5.78 Å². The molecule has 0 aliphatic carbocycles. The number of aromatic nitrogens is 2. The van der Waals surface area contributed by atoms with Crippen LogP contribution in [0.2, 0.25) is 0 Å². The number of benzene rings is 1. The summed E-state index contributed by atoms with van der Waals surface area (Å²) in [4.78, 5) is 24.7. The number of carbonyl (C=O) groups excluding carboxylic acids is 2. The first kappa shape index (κ1) is 19.6. The molecule has 1 N–H and O–H groups in total. The summed E-state index contributed by atoms with van der Waals surface area (Å²) in [7, 11) is 0. The summed E-state index contributed by atoms with van der Waals surface area (Å²) in [5.41, 5.74) is 2.66. The van der Waals surface area contributed by atoms with E-state index in [-0.39, 0.29) is 29.9 Å². The molecule has 1 fully saturated rings. The Morgan fingerprint density at radius 1 is 1.24 bits per heavy atom. The van der Waals surface area contributed by atoms with Crippen LogP contribution in [-0.2, 0) is 16.1 Å². The maximum absolute atomic E-state index is 12.9. The van der Waals surface area contributed by atoms with E-state index in [1.165, 1.54) is 6.92 Å². The van der Waals surface area contributed by atoms with Crippen molar-refractivity contribution in [3.8, 4) is 5.75 Å². The van der Waals surface area contributed by atoms with Gasteiger partial charge in [-0.05, 0) is 26.8 Å². The molecule has 4 rings (SSSR count). The number of aryl methyl sites for hydroxylation is 1. The van der Waals surface area contributed by atoms with E-state index in [2.05, 4.69) is 10.4 Å². The number of nitrogens with one attached hydrogen (secondary N) is 1. The molecule has 1 spiro atoms. The predicted molar refractivity (Wildman–Crippen MR) is 107 cm³/mol. The second-order valence-electron chi connectivity index (χ2n) is 8.02. The molecule has 1 saturated heterocycles. The van der Waals surface area contributed by atoms with Gasteiger partial charge in [0.1, 0.15) is 17.9 Å². The Bertz CT molecular complexity index is 944. The lowest BCUT2D eigenvalue weighted by molar-refractivity contribution is -0.123. The molecule has 2 aliphatic rings. The van der Waals surface area contributed by atoms with Crippen molar-refractivity contribution >= 4 is 11.7 Å². The van der Waals surface area contributed by atoms with Gasteiger partial charge >= 0.3 is 0 Å². The third-order valence-electron chi connectivity index (χ3n) is 5.96. The van der Waals surface area contributed by atoms with Gasteiger partial charge in [-0.2, -0.15) is 5.10 Å². The topological polar surface area (TPSA) is 82.5 Å². The van der Waals surface area contributed by atoms with Crippen LogP contribution < -0.4 is 10.1 Å². The van der Waals surface area contributed by atoms with Crippen LogP contribution in [-0.4, -0.2) is 40.3 Å². The fraction of sp³-hybridized carbons (Fsp3) is 0.500. The number of rotatable bonds is 4. The van der Waals surface area contributed by atoms with E-state index >= 15 is 0 Å². The van der Waals surface area contributed by atoms with Crippen molar-refractivity contribution in [3.05, 3.63) is 46.8 Å². The quantitative estimate of drug-likeness (QED) is 0.802. The molecule has 7 heteroatoms. The summed E-state index contributed by atoms with van der Waals surface area (Å²) in [6, 6.07) is 7.75. The lowest BCUT2D eigenvalue weighted by Crippen LogP contribution is -2.49. The highest BCUT2D eigenvalue weighted by atomic mass is 16.5. The number of nitrogens with zero attached hydrogens (tertiary/aromatic N) is 2. The molecule has 29 heavy (non-hydrogen) atoms. The van der Waals surface area contributed by atoms with Gasteiger partial charge in [0.25, 0.3) is 0 Å². The highest BCUT2D eigenvalue weighted by Crippen LogP contribution is 2.43. The van der Waals surface area contributed by atoms with Crippen LogP contribution in [0.4, 0.5) is 0 Å². The van der Waals surface area contributed by atoms with E-state index in [4.69, 9.17) is 9.47 Å². The number of ketones is 1. The van der Waals surface area contributed by atoms with Crippen molar-refractivity contribution in [1.29, 1.82) is 0 Å². The summed E-state index contributed by atoms with van der Waals surface area (Å²) in [5.74, 6) is 0.664. The van der Waals surface area contributed by atoms with Gasteiger partial charge in [-0.15, -0.1) is 0 Å². The second-order valence-corrected chi connectivity index (χ2v) is 8.02. The van der Waals surface area contributed by atoms with Gasteiger partial charge in [0.2, 0.25) is 5.91 Å². The highest BCUT2D eigenvalue weighted by molar-refractivity contribution is 5.96. The smallest absolute Gasteiger partial charge is 0.242 e. The molecule has 0 saturated carbocycles. The predicted octanol–water partition coefficient (Wildman–Crippen LogP) is 2.89. The van der Waals surface area contributed by atoms with Crippen molar-refractivity contribution in [3.63, 3.8) is 0 Å². The van der Waals surface area contributed by atoms with E-state index in [1.54, 1.807) is 11.6 Å². The van der Waals surface area contributed by atoms with Crippen LogP contribution in [0.5, 0.6) is 5.75 Å². The fourth-order valence-corrected chi connectivity index (χ4v) is 4.53. The van der Waals surface area contributed by atoms with Gasteiger partial charge in [0.05, 0.1) is 30.5 Å². The minimum Gasteiger partial charge on any atom is -0.487 e. The molecule has 1 unspecified atom stereocenters. The summed E-state index contributed by atoms with van der Waals surface area (Å²) < 4.78 is 13.5. The number of Topliss-reactive ketones (excluding diaryl/α,β-unsaturated/α-hetero) is 1. The van der Waals surface area contributed by atoms with Crippen LogP contribution in [0.1, 0.15) is 59.5 Å². The van der Waals surface area contributed by atoms with E-state index < -0.39 is 0 Å². The Morgan fingerprint density at radius 3 is 2.66 bits per heavy atom. The number of hydrogen-bond donors (Lipinski definition) is 1. The SMILES string of the molecule is CC(=O)c1c(C)nn(CC(=O)NC2CC3(CCOCC3)Oc3ccccc32)c1C. The zero-order valence-electron chi connectivity index (χ0n) is 17.2.